The fourth-order valence-electron chi connectivity index (χ4n) is 4.77. The van der Waals surface area contributed by atoms with Crippen LogP contribution in [0.2, 0.25) is 0 Å². The van der Waals surface area contributed by atoms with E-state index in [-0.39, 0.29) is 37.9 Å². The van der Waals surface area contributed by atoms with Crippen LogP contribution in [0.4, 0.5) is 4.79 Å². The Balaban J connectivity index is 1.34. The summed E-state index contributed by atoms with van der Waals surface area (Å²) < 4.78 is 11.0. The second-order valence-electron chi connectivity index (χ2n) is 8.97. The molecule has 186 valence electrons. The van der Waals surface area contributed by atoms with Crippen molar-refractivity contribution in [2.24, 2.45) is 5.41 Å². The molecule has 1 fully saturated rings. The molecule has 9 heteroatoms. The van der Waals surface area contributed by atoms with Crippen LogP contribution in [0.3, 0.4) is 0 Å². The van der Waals surface area contributed by atoms with Crippen LogP contribution in [0.1, 0.15) is 36.3 Å². The SMILES string of the molecule is O=C(NCC1(C(=O)NCCC(O)C(=O)O)CCOCC1)OCC1c2ccccc2-c2ccccc21. The number of benzene rings is 2. The van der Waals surface area contributed by atoms with Gasteiger partial charge in [0.1, 0.15) is 6.61 Å². The van der Waals surface area contributed by atoms with E-state index >= 15 is 0 Å². The van der Waals surface area contributed by atoms with E-state index in [4.69, 9.17) is 14.6 Å². The van der Waals surface area contributed by atoms with Gasteiger partial charge in [0, 0.05) is 38.6 Å². The molecule has 1 aliphatic heterocycles. The average molecular weight is 483 g/mol. The van der Waals surface area contributed by atoms with E-state index in [0.717, 1.165) is 22.3 Å². The standard InChI is InChI=1S/C26H30N2O7/c29-22(23(30)31)9-12-27-24(32)26(10-13-34-14-11-26)16-28-25(33)35-15-21-19-7-3-1-5-17(19)18-6-2-4-8-20(18)21/h1-8,21-22,29H,9-16H2,(H,27,32)(H,28,33)(H,30,31). The van der Waals surface area contributed by atoms with Crippen molar-refractivity contribution in [2.45, 2.75) is 31.3 Å². The van der Waals surface area contributed by atoms with Crippen molar-refractivity contribution in [1.29, 1.82) is 0 Å². The van der Waals surface area contributed by atoms with Gasteiger partial charge in [0.2, 0.25) is 5.91 Å². The number of rotatable bonds is 9. The molecule has 0 aromatic heterocycles. The highest BCUT2D eigenvalue weighted by Gasteiger charge is 2.40. The van der Waals surface area contributed by atoms with E-state index in [2.05, 4.69) is 22.8 Å². The highest BCUT2D eigenvalue weighted by molar-refractivity contribution is 5.84. The Morgan fingerprint density at radius 1 is 1.00 bits per heavy atom. The molecule has 2 amide bonds. The van der Waals surface area contributed by atoms with Crippen molar-refractivity contribution >= 4 is 18.0 Å². The van der Waals surface area contributed by atoms with Gasteiger partial charge in [-0.3, -0.25) is 4.79 Å². The van der Waals surface area contributed by atoms with Crippen molar-refractivity contribution in [1.82, 2.24) is 10.6 Å². The van der Waals surface area contributed by atoms with Gasteiger partial charge in [0.15, 0.2) is 6.10 Å². The minimum atomic E-state index is -1.54. The Morgan fingerprint density at radius 3 is 2.20 bits per heavy atom. The first-order valence-electron chi connectivity index (χ1n) is 11.8. The molecule has 1 heterocycles. The lowest BCUT2D eigenvalue weighted by molar-refractivity contribution is -0.147. The molecule has 0 saturated carbocycles. The summed E-state index contributed by atoms with van der Waals surface area (Å²) in [5.74, 6) is -1.71. The van der Waals surface area contributed by atoms with Gasteiger partial charge in [-0.25, -0.2) is 9.59 Å². The van der Waals surface area contributed by atoms with E-state index in [0.29, 0.717) is 26.1 Å². The minimum Gasteiger partial charge on any atom is -0.479 e. The number of amides is 2. The maximum Gasteiger partial charge on any atom is 0.407 e. The lowest BCUT2D eigenvalue weighted by Crippen LogP contribution is -2.51. The third-order valence-electron chi connectivity index (χ3n) is 6.83. The molecule has 35 heavy (non-hydrogen) atoms. The third-order valence-corrected chi connectivity index (χ3v) is 6.83. The first-order chi connectivity index (χ1) is 16.9. The highest BCUT2D eigenvalue weighted by Crippen LogP contribution is 2.44. The van der Waals surface area contributed by atoms with E-state index < -0.39 is 23.6 Å². The average Bonchev–Trinajstić information content (AvgIpc) is 3.20. The number of alkyl carbamates (subject to hydrolysis) is 1. The number of hydrogen-bond donors (Lipinski definition) is 4. The largest absolute Gasteiger partial charge is 0.479 e. The number of aliphatic carboxylic acids is 1. The Hall–Kier alpha value is -3.43. The number of carbonyl (C=O) groups excluding carboxylic acids is 2. The first-order valence-corrected chi connectivity index (χ1v) is 11.8. The summed E-state index contributed by atoms with van der Waals surface area (Å²) >= 11 is 0. The van der Waals surface area contributed by atoms with Gasteiger partial charge in [-0.05, 0) is 35.1 Å². The van der Waals surface area contributed by atoms with Crippen molar-refractivity contribution in [3.05, 3.63) is 59.7 Å². The normalized spacial score (nSPS) is 17.1. The van der Waals surface area contributed by atoms with Crippen LogP contribution in [0, 0.1) is 5.41 Å². The molecule has 1 aliphatic carbocycles. The van der Waals surface area contributed by atoms with Crippen LogP contribution in [-0.2, 0) is 19.1 Å². The minimum absolute atomic E-state index is 0.0137. The van der Waals surface area contributed by atoms with Gasteiger partial charge >= 0.3 is 12.1 Å². The third kappa shape index (κ3) is 5.47. The lowest BCUT2D eigenvalue weighted by atomic mass is 9.79. The van der Waals surface area contributed by atoms with Crippen molar-refractivity contribution in [3.8, 4) is 11.1 Å². The number of ether oxygens (including phenoxy) is 2. The number of aliphatic hydroxyl groups is 1. The number of carboxylic acid groups (broad SMARTS) is 1. The van der Waals surface area contributed by atoms with Crippen LogP contribution in [0.5, 0.6) is 0 Å². The molecule has 4 N–H and O–H groups in total. The maximum atomic E-state index is 12.9. The number of hydrogen-bond acceptors (Lipinski definition) is 6. The molecule has 2 aromatic carbocycles. The van der Waals surface area contributed by atoms with E-state index in [1.54, 1.807) is 0 Å². The molecule has 1 saturated heterocycles. The predicted octanol–water partition coefficient (Wildman–Crippen LogP) is 2.27. The van der Waals surface area contributed by atoms with Crippen LogP contribution in [0.25, 0.3) is 11.1 Å². The van der Waals surface area contributed by atoms with Crippen LogP contribution in [0.15, 0.2) is 48.5 Å². The van der Waals surface area contributed by atoms with E-state index in [1.165, 1.54) is 0 Å². The molecule has 1 atom stereocenters. The Bertz CT molecular complexity index is 1040. The van der Waals surface area contributed by atoms with Gasteiger partial charge < -0.3 is 30.3 Å². The maximum absolute atomic E-state index is 12.9. The van der Waals surface area contributed by atoms with Crippen molar-refractivity contribution in [3.63, 3.8) is 0 Å². The van der Waals surface area contributed by atoms with Gasteiger partial charge in [-0.1, -0.05) is 48.5 Å². The molecule has 0 bridgehead atoms. The monoisotopic (exact) mass is 482 g/mol. The number of nitrogens with one attached hydrogen (secondary N) is 2. The molecule has 2 aromatic rings. The lowest BCUT2D eigenvalue weighted by Gasteiger charge is -2.35. The zero-order valence-corrected chi connectivity index (χ0v) is 19.4. The molecule has 0 spiro atoms. The molecule has 1 unspecified atom stereocenters. The molecule has 2 aliphatic rings. The van der Waals surface area contributed by atoms with Crippen molar-refractivity contribution < 1.29 is 34.1 Å². The summed E-state index contributed by atoms with van der Waals surface area (Å²) in [7, 11) is 0. The van der Waals surface area contributed by atoms with Gasteiger partial charge in [0.05, 0.1) is 5.41 Å². The smallest absolute Gasteiger partial charge is 0.407 e. The van der Waals surface area contributed by atoms with Gasteiger partial charge in [-0.15, -0.1) is 0 Å². The number of carbonyl (C=O) groups is 3. The Morgan fingerprint density at radius 2 is 1.60 bits per heavy atom. The van der Waals surface area contributed by atoms with Crippen LogP contribution < -0.4 is 10.6 Å². The Labute approximate surface area is 203 Å². The van der Waals surface area contributed by atoms with E-state index in [9.17, 15) is 19.5 Å². The summed E-state index contributed by atoms with van der Waals surface area (Å²) in [4.78, 5) is 36.3. The summed E-state index contributed by atoms with van der Waals surface area (Å²) in [6.07, 6.45) is -1.44. The molecular weight excluding hydrogens is 452 g/mol. The number of fused-ring (bicyclic) bond motifs is 3. The zero-order valence-electron chi connectivity index (χ0n) is 19.4. The molecular formula is C26H30N2O7. The fourth-order valence-corrected chi connectivity index (χ4v) is 4.77. The molecule has 0 radical (unpaired) electrons. The first kappa shape index (κ1) is 24.7. The highest BCUT2D eigenvalue weighted by atomic mass is 16.5. The zero-order chi connectivity index (χ0) is 24.8. The second-order valence-corrected chi connectivity index (χ2v) is 8.97. The quantitative estimate of drug-likeness (QED) is 0.431. The molecule has 4 rings (SSSR count). The van der Waals surface area contributed by atoms with Gasteiger partial charge in [-0.2, -0.15) is 0 Å². The summed E-state index contributed by atoms with van der Waals surface area (Å²) in [6.45, 7) is 1.00. The molecule has 9 nitrogen and oxygen atoms in total. The van der Waals surface area contributed by atoms with Crippen molar-refractivity contribution in [2.75, 3.05) is 32.9 Å². The summed E-state index contributed by atoms with van der Waals surface area (Å²) in [6, 6.07) is 16.2. The topological polar surface area (TPSA) is 134 Å². The van der Waals surface area contributed by atoms with E-state index in [1.807, 2.05) is 36.4 Å². The number of aliphatic hydroxyl groups excluding tert-OH is 1. The van der Waals surface area contributed by atoms with Crippen LogP contribution >= 0.6 is 0 Å². The summed E-state index contributed by atoms with van der Waals surface area (Å²) in [5.41, 5.74) is 3.62. The van der Waals surface area contributed by atoms with Crippen LogP contribution in [-0.4, -0.2) is 67.2 Å². The fraction of sp³-hybridized carbons (Fsp3) is 0.423. The Kier molecular flexibility index (Phi) is 7.67. The predicted molar refractivity (Wildman–Crippen MR) is 127 cm³/mol. The summed E-state index contributed by atoms with van der Waals surface area (Å²) in [5, 5.41) is 23.6. The number of carboxylic acids is 1. The second kappa shape index (κ2) is 10.9. The van der Waals surface area contributed by atoms with Gasteiger partial charge in [0.25, 0.3) is 0 Å².